The molecule has 0 aliphatic carbocycles. The van der Waals surface area contributed by atoms with Crippen molar-refractivity contribution in [1.82, 2.24) is 14.9 Å². The minimum absolute atomic E-state index is 0.0338. The summed E-state index contributed by atoms with van der Waals surface area (Å²) in [6, 6.07) is 3.86. The molecule has 0 bridgehead atoms. The van der Waals surface area contributed by atoms with Crippen molar-refractivity contribution in [3.05, 3.63) is 36.3 Å². The van der Waals surface area contributed by atoms with Crippen LogP contribution in [0.25, 0.3) is 0 Å². The summed E-state index contributed by atoms with van der Waals surface area (Å²) in [5, 5.41) is 7.50. The number of alkyl halides is 3. The van der Waals surface area contributed by atoms with Crippen LogP contribution in [0.1, 0.15) is 37.3 Å². The van der Waals surface area contributed by atoms with Gasteiger partial charge in [-0.05, 0) is 30.7 Å². The number of anilines is 2. The number of aromatic nitrogens is 2. The molecule has 0 spiro atoms. The highest BCUT2D eigenvalue weighted by Crippen LogP contribution is 2.24. The van der Waals surface area contributed by atoms with E-state index in [1.807, 2.05) is 6.92 Å². The minimum Gasteiger partial charge on any atom is -0.406 e. The van der Waals surface area contributed by atoms with Crippen molar-refractivity contribution in [2.24, 2.45) is 11.7 Å². The van der Waals surface area contributed by atoms with Crippen LogP contribution in [-0.4, -0.2) is 40.3 Å². The van der Waals surface area contributed by atoms with Gasteiger partial charge in [0.2, 0.25) is 11.7 Å². The molecule has 0 saturated carbocycles. The van der Waals surface area contributed by atoms with Crippen molar-refractivity contribution in [3.8, 4) is 5.75 Å². The van der Waals surface area contributed by atoms with Crippen molar-refractivity contribution >= 4 is 29.4 Å². The summed E-state index contributed by atoms with van der Waals surface area (Å²) < 4.78 is 42.0. The Balaban J connectivity index is 2.04. The first-order valence-corrected chi connectivity index (χ1v) is 10.1. The summed E-state index contributed by atoms with van der Waals surface area (Å²) in [5.74, 6) is -1.94. The molecule has 5 N–H and O–H groups in total. The molecule has 33 heavy (non-hydrogen) atoms. The van der Waals surface area contributed by atoms with Crippen LogP contribution in [0.4, 0.5) is 29.5 Å². The summed E-state index contributed by atoms with van der Waals surface area (Å²) in [4.78, 5) is 40.1. The van der Waals surface area contributed by atoms with E-state index in [-0.39, 0.29) is 23.9 Å². The lowest BCUT2D eigenvalue weighted by Crippen LogP contribution is -2.35. The molecule has 1 aromatic carbocycles. The molecule has 1 atom stereocenters. The van der Waals surface area contributed by atoms with Crippen LogP contribution in [0.5, 0.6) is 5.75 Å². The lowest BCUT2D eigenvalue weighted by Gasteiger charge is -2.10. The van der Waals surface area contributed by atoms with E-state index in [0.717, 1.165) is 25.0 Å². The first kappa shape index (κ1) is 25.5. The summed E-state index contributed by atoms with van der Waals surface area (Å²) in [7, 11) is 0. The second-order valence-corrected chi connectivity index (χ2v) is 7.16. The Morgan fingerprint density at radius 2 is 1.85 bits per heavy atom. The second kappa shape index (κ2) is 11.2. The third kappa shape index (κ3) is 8.35. The maximum atomic E-state index is 12.5. The van der Waals surface area contributed by atoms with Crippen LogP contribution in [0.15, 0.2) is 30.5 Å². The van der Waals surface area contributed by atoms with Gasteiger partial charge in [-0.15, -0.1) is 13.2 Å². The highest BCUT2D eigenvalue weighted by atomic mass is 19.4. The van der Waals surface area contributed by atoms with Crippen LogP contribution in [0.2, 0.25) is 0 Å². The molecule has 180 valence electrons. The molecule has 1 heterocycles. The minimum atomic E-state index is -4.81. The molecule has 10 nitrogen and oxygen atoms in total. The lowest BCUT2D eigenvalue weighted by atomic mass is 10.2. The first-order chi connectivity index (χ1) is 15.5. The Labute approximate surface area is 187 Å². The fourth-order valence-corrected chi connectivity index (χ4v) is 2.60. The number of nitrogens with two attached hydrogens (primary N) is 1. The topological polar surface area (TPSA) is 140 Å². The molecule has 0 fully saturated rings. The van der Waals surface area contributed by atoms with Gasteiger partial charge in [0.25, 0.3) is 5.91 Å². The number of amides is 4. The molecule has 0 saturated heterocycles. The van der Waals surface area contributed by atoms with Crippen molar-refractivity contribution in [3.63, 3.8) is 0 Å². The Morgan fingerprint density at radius 1 is 1.18 bits per heavy atom. The zero-order valence-electron chi connectivity index (χ0n) is 18.0. The van der Waals surface area contributed by atoms with Crippen molar-refractivity contribution < 1.29 is 32.3 Å². The number of nitrogens with one attached hydrogen (secondary N) is 3. The number of rotatable bonds is 10. The zero-order valence-corrected chi connectivity index (χ0v) is 18.0. The van der Waals surface area contributed by atoms with Gasteiger partial charge >= 0.3 is 12.4 Å². The number of carbonyl (C=O) groups is 3. The van der Waals surface area contributed by atoms with Crippen molar-refractivity contribution in [2.45, 2.75) is 39.6 Å². The van der Waals surface area contributed by atoms with E-state index >= 15 is 0 Å². The third-order valence-electron chi connectivity index (χ3n) is 4.37. The predicted molar refractivity (Wildman–Crippen MR) is 114 cm³/mol. The third-order valence-corrected chi connectivity index (χ3v) is 4.37. The van der Waals surface area contributed by atoms with Gasteiger partial charge in [0.15, 0.2) is 5.82 Å². The number of urea groups is 1. The number of primary amides is 1. The van der Waals surface area contributed by atoms with Gasteiger partial charge in [0, 0.05) is 25.0 Å². The number of nitrogens with zero attached hydrogens (tertiary/aromatic N) is 2. The van der Waals surface area contributed by atoms with E-state index in [2.05, 4.69) is 25.7 Å². The Kier molecular flexibility index (Phi) is 8.65. The molecular formula is C20H25F3N6O4. The SMILES string of the molecule is CCCCn1cc(NC(=O)Nc2ccc(OC(F)(F)F)cc2)nc1C(=O)NCC(C)C(N)=O. The average molecular weight is 470 g/mol. The van der Waals surface area contributed by atoms with E-state index in [1.165, 1.54) is 18.3 Å². The van der Waals surface area contributed by atoms with Crippen molar-refractivity contribution in [2.75, 3.05) is 17.2 Å². The number of carbonyl (C=O) groups excluding carboxylic acids is 3. The number of aryl methyl sites for hydroxylation is 1. The molecule has 1 aromatic heterocycles. The van der Waals surface area contributed by atoms with Crippen LogP contribution in [0, 0.1) is 5.92 Å². The van der Waals surface area contributed by atoms with Crippen molar-refractivity contribution in [1.29, 1.82) is 0 Å². The molecular weight excluding hydrogens is 445 g/mol. The van der Waals surface area contributed by atoms with Gasteiger partial charge < -0.3 is 25.7 Å². The Bertz CT molecular complexity index is 975. The summed E-state index contributed by atoms with van der Waals surface area (Å²) >= 11 is 0. The Morgan fingerprint density at radius 3 is 2.42 bits per heavy atom. The molecule has 1 unspecified atom stereocenters. The quantitative estimate of drug-likeness (QED) is 0.422. The van der Waals surface area contributed by atoms with E-state index in [1.54, 1.807) is 11.5 Å². The first-order valence-electron chi connectivity index (χ1n) is 10.1. The van der Waals surface area contributed by atoms with Crippen LogP contribution >= 0.6 is 0 Å². The monoisotopic (exact) mass is 470 g/mol. The molecule has 0 aliphatic heterocycles. The van der Waals surface area contributed by atoms with E-state index in [4.69, 9.17) is 5.73 Å². The molecule has 2 rings (SSSR count). The smallest absolute Gasteiger partial charge is 0.406 e. The maximum Gasteiger partial charge on any atom is 0.573 e. The number of imidazole rings is 1. The molecule has 2 aromatic rings. The standard InChI is InChI=1S/C20H25F3N6O4/c1-3-4-9-29-11-15(27-17(29)18(31)25-10-12(2)16(24)30)28-19(32)26-13-5-7-14(8-6-13)33-20(21,22)23/h5-8,11-12H,3-4,9-10H2,1-2H3,(H2,24,30)(H,25,31)(H2,26,28,32). The number of hydrogen-bond donors (Lipinski definition) is 4. The fourth-order valence-electron chi connectivity index (χ4n) is 2.60. The highest BCUT2D eigenvalue weighted by molar-refractivity contribution is 6.00. The van der Waals surface area contributed by atoms with Crippen LogP contribution < -0.4 is 26.4 Å². The van der Waals surface area contributed by atoms with Gasteiger partial charge in [-0.3, -0.25) is 14.9 Å². The highest BCUT2D eigenvalue weighted by Gasteiger charge is 2.31. The van der Waals surface area contributed by atoms with E-state index in [0.29, 0.717) is 6.54 Å². The number of hydrogen-bond acceptors (Lipinski definition) is 5. The van der Waals surface area contributed by atoms with Gasteiger partial charge in [0.1, 0.15) is 5.75 Å². The van der Waals surface area contributed by atoms with Crippen LogP contribution in [-0.2, 0) is 11.3 Å². The Hall–Kier alpha value is -3.77. The summed E-state index contributed by atoms with van der Waals surface area (Å²) in [6.45, 7) is 4.06. The predicted octanol–water partition coefficient (Wildman–Crippen LogP) is 3.08. The number of halogens is 3. The molecule has 0 aliphatic rings. The lowest BCUT2D eigenvalue weighted by molar-refractivity contribution is -0.274. The summed E-state index contributed by atoms with van der Waals surface area (Å²) in [6.07, 6.45) is -1.71. The molecule has 0 radical (unpaired) electrons. The number of benzene rings is 1. The molecule has 4 amide bonds. The van der Waals surface area contributed by atoms with E-state index < -0.39 is 35.9 Å². The molecule has 13 heteroatoms. The zero-order chi connectivity index (χ0) is 24.6. The normalized spacial score (nSPS) is 12.0. The van der Waals surface area contributed by atoms with Gasteiger partial charge in [0.05, 0.1) is 5.92 Å². The maximum absolute atomic E-state index is 12.5. The van der Waals surface area contributed by atoms with Gasteiger partial charge in [-0.25, -0.2) is 9.78 Å². The van der Waals surface area contributed by atoms with Gasteiger partial charge in [-0.1, -0.05) is 20.3 Å². The fraction of sp³-hybridized carbons (Fsp3) is 0.400. The number of ether oxygens (including phenoxy) is 1. The second-order valence-electron chi connectivity index (χ2n) is 7.16. The van der Waals surface area contributed by atoms with Gasteiger partial charge in [-0.2, -0.15) is 0 Å². The number of unbranched alkanes of at least 4 members (excludes halogenated alkanes) is 1. The summed E-state index contributed by atoms with van der Waals surface area (Å²) in [5.41, 5.74) is 5.41. The average Bonchev–Trinajstić information content (AvgIpc) is 3.12. The van der Waals surface area contributed by atoms with Crippen LogP contribution in [0.3, 0.4) is 0 Å². The van der Waals surface area contributed by atoms with E-state index in [9.17, 15) is 27.6 Å². The largest absolute Gasteiger partial charge is 0.573 e.